The van der Waals surface area contributed by atoms with Gasteiger partial charge in [-0.2, -0.15) is 0 Å². The van der Waals surface area contributed by atoms with Gasteiger partial charge in [0.15, 0.2) is 0 Å². The van der Waals surface area contributed by atoms with E-state index >= 15 is 0 Å². The first kappa shape index (κ1) is 14.1. The van der Waals surface area contributed by atoms with Gasteiger partial charge >= 0.3 is 0 Å². The Morgan fingerprint density at radius 1 is 1.37 bits per heavy atom. The van der Waals surface area contributed by atoms with Gasteiger partial charge in [-0.1, -0.05) is 6.07 Å². The Labute approximate surface area is 125 Å². The Balaban J connectivity index is 2.12. The summed E-state index contributed by atoms with van der Waals surface area (Å²) in [5.74, 6) is -0.0682. The van der Waals surface area contributed by atoms with Crippen molar-refractivity contribution in [3.63, 3.8) is 0 Å². The number of benzene rings is 1. The number of rotatable bonds is 4. The lowest BCUT2D eigenvalue weighted by atomic mass is 10.1. The van der Waals surface area contributed by atoms with Gasteiger partial charge in [-0.15, -0.1) is 11.3 Å². The van der Waals surface area contributed by atoms with Gasteiger partial charge in [0.25, 0.3) is 5.91 Å². The lowest BCUT2D eigenvalue weighted by Crippen LogP contribution is -2.18. The van der Waals surface area contributed by atoms with Crippen molar-refractivity contribution in [3.05, 3.63) is 50.1 Å². The second kappa shape index (κ2) is 6.21. The first-order valence-electron chi connectivity index (χ1n) is 5.89. The Morgan fingerprint density at radius 3 is 2.79 bits per heavy atom. The molecule has 1 heterocycles. The fraction of sp³-hybridized carbons (Fsp3) is 0.214. The van der Waals surface area contributed by atoms with E-state index in [4.69, 9.17) is 0 Å². The van der Waals surface area contributed by atoms with Crippen LogP contribution in [0.5, 0.6) is 0 Å². The average Bonchev–Trinajstić information content (AvgIpc) is 2.82. The van der Waals surface area contributed by atoms with E-state index in [1.165, 1.54) is 5.56 Å². The number of nitrogens with one attached hydrogen (secondary N) is 2. The molecule has 2 aromatic rings. The molecule has 2 N–H and O–H groups in total. The van der Waals surface area contributed by atoms with Crippen LogP contribution in [0.2, 0.25) is 0 Å². The summed E-state index contributed by atoms with van der Waals surface area (Å²) in [6.07, 6.45) is 0. The van der Waals surface area contributed by atoms with E-state index in [1.807, 2.05) is 25.1 Å². The largest absolute Gasteiger partial charge is 0.381 e. The summed E-state index contributed by atoms with van der Waals surface area (Å²) in [6.45, 7) is 2.78. The van der Waals surface area contributed by atoms with Gasteiger partial charge in [-0.3, -0.25) is 4.79 Å². The first-order chi connectivity index (χ1) is 9.10. The van der Waals surface area contributed by atoms with Crippen molar-refractivity contribution in [2.75, 3.05) is 12.4 Å². The summed E-state index contributed by atoms with van der Waals surface area (Å²) in [7, 11) is 1.64. The van der Waals surface area contributed by atoms with Crippen molar-refractivity contribution >= 4 is 38.9 Å². The Morgan fingerprint density at radius 2 is 2.16 bits per heavy atom. The smallest absolute Gasteiger partial charge is 0.251 e. The molecule has 2 rings (SSSR count). The fourth-order valence-corrected chi connectivity index (χ4v) is 2.94. The number of anilines is 1. The molecule has 1 aromatic heterocycles. The second-order valence-corrected chi connectivity index (χ2v) is 6.51. The van der Waals surface area contributed by atoms with Crippen molar-refractivity contribution < 1.29 is 4.79 Å². The van der Waals surface area contributed by atoms with Crippen LogP contribution in [-0.2, 0) is 6.54 Å². The number of hydrogen-bond acceptors (Lipinski definition) is 3. The van der Waals surface area contributed by atoms with Crippen LogP contribution >= 0.6 is 27.3 Å². The van der Waals surface area contributed by atoms with E-state index in [0.29, 0.717) is 5.56 Å². The van der Waals surface area contributed by atoms with Crippen molar-refractivity contribution in [2.45, 2.75) is 13.5 Å². The molecule has 5 heteroatoms. The van der Waals surface area contributed by atoms with Gasteiger partial charge in [-0.25, -0.2) is 0 Å². The van der Waals surface area contributed by atoms with Crippen LogP contribution in [0.15, 0.2) is 33.4 Å². The van der Waals surface area contributed by atoms with Crippen LogP contribution in [0.25, 0.3) is 0 Å². The van der Waals surface area contributed by atoms with E-state index in [0.717, 1.165) is 21.6 Å². The summed E-state index contributed by atoms with van der Waals surface area (Å²) < 4.78 is 1.13. The normalized spacial score (nSPS) is 10.3. The van der Waals surface area contributed by atoms with Crippen LogP contribution in [0.4, 0.5) is 5.69 Å². The minimum Gasteiger partial charge on any atom is -0.381 e. The maximum atomic E-state index is 11.6. The lowest BCUT2D eigenvalue weighted by molar-refractivity contribution is 0.0963. The molecule has 0 aliphatic carbocycles. The van der Waals surface area contributed by atoms with Gasteiger partial charge < -0.3 is 10.6 Å². The maximum Gasteiger partial charge on any atom is 0.251 e. The zero-order chi connectivity index (χ0) is 13.8. The number of hydrogen-bond donors (Lipinski definition) is 2. The Hall–Kier alpha value is -1.33. The van der Waals surface area contributed by atoms with E-state index in [2.05, 4.69) is 38.0 Å². The van der Waals surface area contributed by atoms with Crippen LogP contribution in [0, 0.1) is 6.92 Å². The minimum absolute atomic E-state index is 0.0682. The zero-order valence-electron chi connectivity index (χ0n) is 10.8. The second-order valence-electron chi connectivity index (χ2n) is 4.22. The highest BCUT2D eigenvalue weighted by atomic mass is 79.9. The molecule has 0 saturated carbocycles. The number of carbonyl (C=O) groups excluding carboxylic acids is 1. The third kappa shape index (κ3) is 3.58. The highest BCUT2D eigenvalue weighted by Crippen LogP contribution is 2.23. The van der Waals surface area contributed by atoms with E-state index in [9.17, 15) is 4.79 Å². The number of thiophene rings is 1. The van der Waals surface area contributed by atoms with Crippen molar-refractivity contribution in [1.82, 2.24) is 5.32 Å². The fourth-order valence-electron chi connectivity index (χ4n) is 1.73. The summed E-state index contributed by atoms with van der Waals surface area (Å²) >= 11 is 5.12. The molecule has 1 amide bonds. The van der Waals surface area contributed by atoms with Gasteiger partial charge in [-0.05, 0) is 57.6 Å². The highest BCUT2D eigenvalue weighted by molar-refractivity contribution is 9.11. The molecule has 100 valence electrons. The average molecular weight is 339 g/mol. The summed E-state index contributed by atoms with van der Waals surface area (Å²) in [5.41, 5.74) is 4.01. The van der Waals surface area contributed by atoms with Crippen molar-refractivity contribution in [2.24, 2.45) is 0 Å². The monoisotopic (exact) mass is 338 g/mol. The topological polar surface area (TPSA) is 41.1 Å². The van der Waals surface area contributed by atoms with Gasteiger partial charge in [0.1, 0.15) is 0 Å². The molecule has 0 unspecified atom stereocenters. The van der Waals surface area contributed by atoms with E-state index < -0.39 is 0 Å². The predicted molar refractivity (Wildman–Crippen MR) is 83.9 cm³/mol. The summed E-state index contributed by atoms with van der Waals surface area (Å²) in [4.78, 5) is 11.6. The molecule has 0 saturated heterocycles. The SMILES string of the molecule is CNC(=O)c1ccc(C)c(NCc2csc(Br)c2)c1. The summed E-state index contributed by atoms with van der Waals surface area (Å²) in [5, 5.41) is 8.11. The number of amides is 1. The van der Waals surface area contributed by atoms with Gasteiger partial charge in [0.05, 0.1) is 3.79 Å². The molecule has 1 aromatic carbocycles. The standard InChI is InChI=1S/C14H15BrN2OS/c1-9-3-4-11(14(18)16-2)6-12(9)17-7-10-5-13(15)19-8-10/h3-6,8,17H,7H2,1-2H3,(H,16,18). The quantitative estimate of drug-likeness (QED) is 0.890. The molecular weight excluding hydrogens is 324 g/mol. The molecule has 0 atom stereocenters. The zero-order valence-corrected chi connectivity index (χ0v) is 13.2. The van der Waals surface area contributed by atoms with Crippen LogP contribution in [-0.4, -0.2) is 13.0 Å². The van der Waals surface area contributed by atoms with Gasteiger partial charge in [0.2, 0.25) is 0 Å². The molecule has 0 spiro atoms. The molecule has 0 bridgehead atoms. The summed E-state index contributed by atoms with van der Waals surface area (Å²) in [6, 6.07) is 7.77. The number of carbonyl (C=O) groups is 1. The number of halogens is 1. The molecule has 0 radical (unpaired) electrons. The van der Waals surface area contributed by atoms with E-state index in [1.54, 1.807) is 18.4 Å². The van der Waals surface area contributed by atoms with Crippen molar-refractivity contribution in [1.29, 1.82) is 0 Å². The van der Waals surface area contributed by atoms with Crippen LogP contribution < -0.4 is 10.6 Å². The minimum atomic E-state index is -0.0682. The molecule has 0 fully saturated rings. The van der Waals surface area contributed by atoms with Crippen LogP contribution in [0.3, 0.4) is 0 Å². The molecule has 0 aliphatic rings. The predicted octanol–water partition coefficient (Wildman–Crippen LogP) is 3.79. The first-order valence-corrected chi connectivity index (χ1v) is 7.57. The Kier molecular flexibility index (Phi) is 4.61. The molecular formula is C14H15BrN2OS. The van der Waals surface area contributed by atoms with Gasteiger partial charge in [0, 0.05) is 24.8 Å². The molecule has 0 aliphatic heterocycles. The van der Waals surface area contributed by atoms with Crippen LogP contribution in [0.1, 0.15) is 21.5 Å². The van der Waals surface area contributed by atoms with E-state index in [-0.39, 0.29) is 5.91 Å². The Bertz CT molecular complexity index is 595. The third-order valence-electron chi connectivity index (χ3n) is 2.83. The molecule has 3 nitrogen and oxygen atoms in total. The maximum absolute atomic E-state index is 11.6. The lowest BCUT2D eigenvalue weighted by Gasteiger charge is -2.10. The highest BCUT2D eigenvalue weighted by Gasteiger charge is 2.06. The molecule has 19 heavy (non-hydrogen) atoms. The number of aryl methyl sites for hydroxylation is 1. The third-order valence-corrected chi connectivity index (χ3v) is 4.38. The van der Waals surface area contributed by atoms with Crippen molar-refractivity contribution in [3.8, 4) is 0 Å².